The standard InChI is InChI=1S/C30H16B2F4N2O2/c33-23-13-19-21(15-25(23)35)32(38-12-4-8-18-6-2-10-28(40-32)30(18)38)22-16-26(36)24(34)14-20(22)31(19)37-11-3-7-17-5-1-9-27(39-31)29(17)37/h1-16H. The fourth-order valence-corrected chi connectivity index (χ4v) is 7.50. The Morgan fingerprint density at radius 2 is 0.825 bits per heavy atom. The molecule has 10 heteroatoms. The van der Waals surface area contributed by atoms with Gasteiger partial charge in [0.05, 0.1) is 0 Å². The molecule has 4 nitrogen and oxygen atoms in total. The smallest absolute Gasteiger partial charge is 0.508 e. The van der Waals surface area contributed by atoms with E-state index < -0.39 is 36.2 Å². The highest BCUT2D eigenvalue weighted by Crippen LogP contribution is 2.34. The van der Waals surface area contributed by atoms with Gasteiger partial charge in [0.25, 0.3) is 0 Å². The van der Waals surface area contributed by atoms with Gasteiger partial charge in [0.2, 0.25) is 11.0 Å². The Morgan fingerprint density at radius 3 is 1.20 bits per heavy atom. The average Bonchev–Trinajstić information content (AvgIpc) is 3.48. The second-order valence-corrected chi connectivity index (χ2v) is 10.7. The quantitative estimate of drug-likeness (QED) is 0.221. The van der Waals surface area contributed by atoms with Crippen molar-refractivity contribution < 1.29 is 35.8 Å². The first-order valence-electron chi connectivity index (χ1n) is 13.0. The molecule has 192 valence electrons. The van der Waals surface area contributed by atoms with Crippen LogP contribution in [-0.2, 0) is 0 Å². The second kappa shape index (κ2) is 7.01. The predicted molar refractivity (Wildman–Crippen MR) is 143 cm³/mol. The third-order valence-corrected chi connectivity index (χ3v) is 8.94. The molecule has 9 rings (SSSR count). The van der Waals surface area contributed by atoms with E-state index in [1.807, 2.05) is 57.5 Å². The zero-order valence-electron chi connectivity index (χ0n) is 20.6. The van der Waals surface area contributed by atoms with Crippen molar-refractivity contribution in [1.29, 1.82) is 0 Å². The van der Waals surface area contributed by atoms with Gasteiger partial charge in [-0.05, 0) is 48.5 Å². The van der Waals surface area contributed by atoms with Crippen LogP contribution in [0.15, 0.2) is 97.3 Å². The molecule has 0 bridgehead atoms. The van der Waals surface area contributed by atoms with Crippen molar-refractivity contribution in [3.63, 3.8) is 0 Å². The highest BCUT2D eigenvalue weighted by atomic mass is 19.2. The minimum absolute atomic E-state index is 0.295. The Morgan fingerprint density at radius 1 is 0.475 bits per heavy atom. The van der Waals surface area contributed by atoms with Gasteiger partial charge in [0.15, 0.2) is 23.3 Å². The average molecular weight is 534 g/mol. The van der Waals surface area contributed by atoms with Crippen LogP contribution >= 0.6 is 0 Å². The van der Waals surface area contributed by atoms with Gasteiger partial charge in [0, 0.05) is 10.8 Å². The SMILES string of the molecule is Fc1cc2c(cc1F)[B-]1(Oc3cccc4ccc[n+]1c34)c1cc(F)c(F)cc1[B-]21Oc2cccc3ccc[n+]1c23. The Bertz CT molecular complexity index is 1930. The number of pyridine rings is 2. The Balaban J connectivity index is 1.50. The van der Waals surface area contributed by atoms with Gasteiger partial charge in [0.1, 0.15) is 23.9 Å². The van der Waals surface area contributed by atoms with Crippen molar-refractivity contribution in [2.24, 2.45) is 0 Å². The first kappa shape index (κ1) is 22.0. The number of rotatable bonds is 0. The van der Waals surface area contributed by atoms with Gasteiger partial charge in [-0.25, -0.2) is 17.6 Å². The van der Waals surface area contributed by atoms with E-state index in [1.165, 1.54) is 0 Å². The molecule has 0 saturated heterocycles. The molecule has 2 aromatic heterocycles. The summed E-state index contributed by atoms with van der Waals surface area (Å²) in [7, 11) is 0. The Labute approximate surface area is 224 Å². The van der Waals surface area contributed by atoms with Crippen LogP contribution in [0.1, 0.15) is 0 Å². The first-order valence-corrected chi connectivity index (χ1v) is 13.0. The van der Waals surface area contributed by atoms with Crippen LogP contribution in [-0.4, -0.2) is 13.0 Å². The molecule has 0 aliphatic carbocycles. The number of aromatic nitrogens is 2. The van der Waals surface area contributed by atoms with Crippen molar-refractivity contribution >= 4 is 56.6 Å². The number of para-hydroxylation sites is 2. The summed E-state index contributed by atoms with van der Waals surface area (Å²) in [5, 5.41) is 1.70. The molecular formula is C30H16B2F4N2O2. The highest BCUT2D eigenvalue weighted by molar-refractivity contribution is 7.09. The van der Waals surface area contributed by atoms with Crippen molar-refractivity contribution in [3.8, 4) is 11.5 Å². The number of fused-ring (bicyclic) bond motifs is 8. The lowest BCUT2D eigenvalue weighted by molar-refractivity contribution is -0.518. The van der Waals surface area contributed by atoms with Crippen LogP contribution in [0, 0.1) is 23.3 Å². The molecule has 0 atom stereocenters. The molecule has 0 saturated carbocycles. The van der Waals surface area contributed by atoms with Crippen molar-refractivity contribution in [1.82, 2.24) is 0 Å². The van der Waals surface area contributed by atoms with Crippen molar-refractivity contribution in [3.05, 3.63) is 121 Å². The zero-order valence-corrected chi connectivity index (χ0v) is 20.6. The molecule has 0 unspecified atom stereocenters. The minimum Gasteiger partial charge on any atom is -0.647 e. The molecule has 6 aromatic rings. The number of nitrogens with zero attached hydrogens (tertiary/aromatic N) is 2. The second-order valence-electron chi connectivity index (χ2n) is 10.7. The Kier molecular flexibility index (Phi) is 3.86. The maximum absolute atomic E-state index is 15.2. The van der Waals surface area contributed by atoms with E-state index in [4.69, 9.17) is 9.31 Å². The van der Waals surface area contributed by atoms with E-state index in [1.54, 1.807) is 24.5 Å². The van der Waals surface area contributed by atoms with Crippen LogP contribution in [0.4, 0.5) is 17.6 Å². The molecular weight excluding hydrogens is 518 g/mol. The summed E-state index contributed by atoms with van der Waals surface area (Å²) in [6.45, 7) is -5.28. The first-order chi connectivity index (χ1) is 19.4. The minimum atomic E-state index is -2.64. The van der Waals surface area contributed by atoms with E-state index in [9.17, 15) is 0 Å². The van der Waals surface area contributed by atoms with E-state index in [2.05, 4.69) is 0 Å². The van der Waals surface area contributed by atoms with Gasteiger partial charge >= 0.3 is 13.0 Å². The molecule has 3 aliphatic heterocycles. The topological polar surface area (TPSA) is 26.2 Å². The molecule has 0 fully saturated rings. The summed E-state index contributed by atoms with van der Waals surface area (Å²) in [5.41, 5.74) is 2.61. The lowest BCUT2D eigenvalue weighted by atomic mass is 9.24. The molecule has 5 heterocycles. The summed E-state index contributed by atoms with van der Waals surface area (Å²) in [6, 6.07) is 22.9. The zero-order chi connectivity index (χ0) is 27.0. The van der Waals surface area contributed by atoms with Gasteiger partial charge in [-0.3, -0.25) is 0 Å². The van der Waals surface area contributed by atoms with E-state index in [0.29, 0.717) is 44.4 Å². The predicted octanol–water partition coefficient (Wildman–Crippen LogP) is 2.43. The van der Waals surface area contributed by atoms with Crippen LogP contribution in [0.2, 0.25) is 0 Å². The van der Waals surface area contributed by atoms with Crippen molar-refractivity contribution in [2.45, 2.75) is 0 Å². The van der Waals surface area contributed by atoms with Crippen LogP contribution in [0.25, 0.3) is 21.8 Å². The molecule has 0 radical (unpaired) electrons. The number of halogens is 4. The lowest BCUT2D eigenvalue weighted by Gasteiger charge is -2.46. The summed E-state index contributed by atoms with van der Waals surface area (Å²) >= 11 is 0. The summed E-state index contributed by atoms with van der Waals surface area (Å²) in [6.07, 6.45) is 3.55. The fourth-order valence-electron chi connectivity index (χ4n) is 7.50. The number of benzene rings is 4. The van der Waals surface area contributed by atoms with E-state index in [-0.39, 0.29) is 0 Å². The molecule has 0 amide bonds. The number of hydrogen-bond donors (Lipinski definition) is 0. The number of hydrogen-bond acceptors (Lipinski definition) is 2. The molecule has 3 aliphatic rings. The largest absolute Gasteiger partial charge is 0.647 e. The fraction of sp³-hybridized carbons (Fsp3) is 0. The van der Waals surface area contributed by atoms with Crippen LogP contribution < -0.4 is 40.1 Å². The maximum Gasteiger partial charge on any atom is 0.508 e. The summed E-state index contributed by atoms with van der Waals surface area (Å²) in [5.74, 6) is -3.33. The van der Waals surface area contributed by atoms with E-state index >= 15 is 17.6 Å². The Hall–Kier alpha value is -4.85. The lowest BCUT2D eigenvalue weighted by Crippen LogP contribution is -2.97. The van der Waals surface area contributed by atoms with Gasteiger partial charge < -0.3 is 18.3 Å². The van der Waals surface area contributed by atoms with Gasteiger partial charge in [-0.15, -0.1) is 21.9 Å². The highest BCUT2D eigenvalue weighted by Gasteiger charge is 2.64. The third-order valence-electron chi connectivity index (χ3n) is 8.94. The van der Waals surface area contributed by atoms with Gasteiger partial charge in [-0.2, -0.15) is 0 Å². The molecule has 0 N–H and O–H groups in total. The normalized spacial score (nSPS) is 21.1. The third kappa shape index (κ3) is 2.33. The van der Waals surface area contributed by atoms with Crippen molar-refractivity contribution in [2.75, 3.05) is 0 Å². The van der Waals surface area contributed by atoms with Gasteiger partial charge in [-0.1, -0.05) is 36.4 Å². The molecule has 2 spiro atoms. The summed E-state index contributed by atoms with van der Waals surface area (Å²) in [4.78, 5) is 0. The summed E-state index contributed by atoms with van der Waals surface area (Å²) < 4.78 is 78.1. The maximum atomic E-state index is 15.2. The molecule has 40 heavy (non-hydrogen) atoms. The monoisotopic (exact) mass is 534 g/mol. The van der Waals surface area contributed by atoms with Crippen LogP contribution in [0.3, 0.4) is 0 Å². The van der Waals surface area contributed by atoms with Crippen LogP contribution in [0.5, 0.6) is 11.5 Å². The molecule has 4 aromatic carbocycles. The van der Waals surface area contributed by atoms with E-state index in [0.717, 1.165) is 35.0 Å².